The first-order chi connectivity index (χ1) is 11.0. The molecule has 2 rings (SSSR count). The predicted octanol–water partition coefficient (Wildman–Crippen LogP) is 2.49. The third-order valence-corrected chi connectivity index (χ3v) is 4.15. The molecule has 2 amide bonds. The molecule has 120 valence electrons. The Morgan fingerprint density at radius 2 is 1.52 bits per heavy atom. The van der Waals surface area contributed by atoms with E-state index in [4.69, 9.17) is 5.73 Å². The number of amides is 2. The molecule has 0 saturated carbocycles. The molecular formula is C19H22N2O2. The Morgan fingerprint density at radius 3 is 2.04 bits per heavy atom. The summed E-state index contributed by atoms with van der Waals surface area (Å²) in [6.45, 7) is 1.77. The molecule has 0 fully saturated rings. The Kier molecular flexibility index (Phi) is 5.52. The highest BCUT2D eigenvalue weighted by molar-refractivity contribution is 5.94. The Morgan fingerprint density at radius 1 is 1.00 bits per heavy atom. The van der Waals surface area contributed by atoms with E-state index in [0.29, 0.717) is 12.0 Å². The van der Waals surface area contributed by atoms with Crippen LogP contribution in [0.25, 0.3) is 0 Å². The molecule has 2 aromatic rings. The van der Waals surface area contributed by atoms with Gasteiger partial charge in [0.1, 0.15) is 0 Å². The predicted molar refractivity (Wildman–Crippen MR) is 90.8 cm³/mol. The van der Waals surface area contributed by atoms with Gasteiger partial charge in [-0.2, -0.15) is 0 Å². The number of rotatable bonds is 6. The second kappa shape index (κ2) is 7.58. The van der Waals surface area contributed by atoms with Crippen molar-refractivity contribution in [3.8, 4) is 0 Å². The Labute approximate surface area is 136 Å². The van der Waals surface area contributed by atoms with Crippen LogP contribution in [0.15, 0.2) is 60.7 Å². The number of hydrogen-bond donors (Lipinski definition) is 1. The van der Waals surface area contributed by atoms with E-state index in [1.807, 2.05) is 48.5 Å². The van der Waals surface area contributed by atoms with Crippen LogP contribution in [-0.4, -0.2) is 29.8 Å². The van der Waals surface area contributed by atoms with E-state index in [9.17, 15) is 9.59 Å². The van der Waals surface area contributed by atoms with Crippen molar-refractivity contribution in [2.45, 2.75) is 19.4 Å². The number of nitrogens with two attached hydrogens (primary N) is 1. The molecule has 2 N–H and O–H groups in total. The number of primary amides is 1. The van der Waals surface area contributed by atoms with E-state index >= 15 is 0 Å². The third-order valence-electron chi connectivity index (χ3n) is 4.15. The highest BCUT2D eigenvalue weighted by atomic mass is 16.2. The fraction of sp³-hybridized carbons (Fsp3) is 0.263. The molecule has 0 saturated heterocycles. The van der Waals surface area contributed by atoms with E-state index in [1.165, 1.54) is 0 Å². The molecule has 0 aliphatic rings. The summed E-state index contributed by atoms with van der Waals surface area (Å²) in [7, 11) is 1.72. The molecule has 2 atom stereocenters. The minimum atomic E-state index is -0.437. The van der Waals surface area contributed by atoms with Gasteiger partial charge in [0.15, 0.2) is 0 Å². The first-order valence-corrected chi connectivity index (χ1v) is 7.66. The molecule has 0 aliphatic heterocycles. The van der Waals surface area contributed by atoms with Gasteiger partial charge in [-0.3, -0.25) is 9.59 Å². The van der Waals surface area contributed by atoms with Gasteiger partial charge in [0.25, 0.3) is 5.91 Å². The lowest BCUT2D eigenvalue weighted by molar-refractivity contribution is -0.122. The minimum absolute atomic E-state index is 0.111. The summed E-state index contributed by atoms with van der Waals surface area (Å²) in [4.78, 5) is 26.0. The number of nitrogens with zero attached hydrogens (tertiary/aromatic N) is 1. The number of likely N-dealkylation sites (N-methyl/N-ethyl adjacent to an activating group) is 1. The van der Waals surface area contributed by atoms with Crippen molar-refractivity contribution in [1.29, 1.82) is 0 Å². The summed E-state index contributed by atoms with van der Waals surface area (Å²) in [5, 5.41) is 0. The standard InChI is InChI=1S/C19H22N2O2/c1-14(18(20)22)17(13-15-9-5-3-6-10-15)21(2)19(23)16-11-7-4-8-12-16/h3-12,14,17H,13H2,1-2H3,(H2,20,22). The second-order valence-electron chi connectivity index (χ2n) is 5.73. The summed E-state index contributed by atoms with van der Waals surface area (Å²) in [5.74, 6) is -0.953. The molecular weight excluding hydrogens is 288 g/mol. The molecule has 4 heteroatoms. The van der Waals surface area contributed by atoms with Crippen LogP contribution in [0, 0.1) is 5.92 Å². The minimum Gasteiger partial charge on any atom is -0.369 e. The summed E-state index contributed by atoms with van der Waals surface area (Å²) in [6, 6.07) is 18.6. The van der Waals surface area contributed by atoms with Crippen molar-refractivity contribution in [2.24, 2.45) is 11.7 Å². The van der Waals surface area contributed by atoms with Crippen LogP contribution in [0.1, 0.15) is 22.8 Å². The number of carbonyl (C=O) groups excluding carboxylic acids is 2. The van der Waals surface area contributed by atoms with Crippen LogP contribution in [-0.2, 0) is 11.2 Å². The van der Waals surface area contributed by atoms with Crippen molar-refractivity contribution >= 4 is 11.8 Å². The van der Waals surface area contributed by atoms with Crippen molar-refractivity contribution < 1.29 is 9.59 Å². The largest absolute Gasteiger partial charge is 0.369 e. The molecule has 0 aromatic heterocycles. The Balaban J connectivity index is 2.25. The van der Waals surface area contributed by atoms with Crippen molar-refractivity contribution in [3.05, 3.63) is 71.8 Å². The van der Waals surface area contributed by atoms with Crippen LogP contribution in [0.3, 0.4) is 0 Å². The topological polar surface area (TPSA) is 63.4 Å². The third kappa shape index (κ3) is 4.19. The zero-order chi connectivity index (χ0) is 16.8. The van der Waals surface area contributed by atoms with Gasteiger partial charge in [0.2, 0.25) is 5.91 Å². The highest BCUT2D eigenvalue weighted by Crippen LogP contribution is 2.18. The molecule has 0 aliphatic carbocycles. The maximum absolute atomic E-state index is 12.7. The van der Waals surface area contributed by atoms with E-state index in [1.54, 1.807) is 31.0 Å². The van der Waals surface area contributed by atoms with Gasteiger partial charge in [0.05, 0.1) is 5.92 Å². The second-order valence-corrected chi connectivity index (χ2v) is 5.73. The van der Waals surface area contributed by atoms with Gasteiger partial charge in [-0.15, -0.1) is 0 Å². The highest BCUT2D eigenvalue weighted by Gasteiger charge is 2.29. The normalized spacial score (nSPS) is 13.1. The number of hydrogen-bond acceptors (Lipinski definition) is 2. The summed E-state index contributed by atoms with van der Waals surface area (Å²) >= 11 is 0. The van der Waals surface area contributed by atoms with Crippen molar-refractivity contribution in [2.75, 3.05) is 7.05 Å². The van der Waals surface area contributed by atoms with E-state index in [0.717, 1.165) is 5.56 Å². The lowest BCUT2D eigenvalue weighted by atomic mass is 9.92. The van der Waals surface area contributed by atoms with Crippen LogP contribution < -0.4 is 5.73 Å². The SMILES string of the molecule is CC(C(N)=O)C(Cc1ccccc1)N(C)C(=O)c1ccccc1. The lowest BCUT2D eigenvalue weighted by Gasteiger charge is -2.32. The smallest absolute Gasteiger partial charge is 0.253 e. The maximum atomic E-state index is 12.7. The molecule has 4 nitrogen and oxygen atoms in total. The zero-order valence-corrected chi connectivity index (χ0v) is 13.5. The number of benzene rings is 2. The van der Waals surface area contributed by atoms with Gasteiger partial charge >= 0.3 is 0 Å². The molecule has 0 radical (unpaired) electrons. The lowest BCUT2D eigenvalue weighted by Crippen LogP contribution is -2.46. The molecule has 23 heavy (non-hydrogen) atoms. The van der Waals surface area contributed by atoms with Crippen LogP contribution in [0.5, 0.6) is 0 Å². The number of carbonyl (C=O) groups is 2. The molecule has 2 aromatic carbocycles. The average Bonchev–Trinajstić information content (AvgIpc) is 2.59. The van der Waals surface area contributed by atoms with Crippen LogP contribution in [0.2, 0.25) is 0 Å². The molecule has 0 bridgehead atoms. The Bertz CT molecular complexity index is 656. The van der Waals surface area contributed by atoms with Gasteiger partial charge in [-0.25, -0.2) is 0 Å². The molecule has 2 unspecified atom stereocenters. The van der Waals surface area contributed by atoms with Gasteiger partial charge < -0.3 is 10.6 Å². The summed E-state index contributed by atoms with van der Waals surface area (Å²) < 4.78 is 0. The Hall–Kier alpha value is -2.62. The quantitative estimate of drug-likeness (QED) is 0.891. The summed E-state index contributed by atoms with van der Waals surface area (Å²) in [5.41, 5.74) is 7.16. The molecule has 0 spiro atoms. The van der Waals surface area contributed by atoms with Gasteiger partial charge in [0, 0.05) is 18.7 Å². The summed E-state index contributed by atoms with van der Waals surface area (Å²) in [6.07, 6.45) is 0.583. The fourth-order valence-corrected chi connectivity index (χ4v) is 2.63. The van der Waals surface area contributed by atoms with E-state index in [-0.39, 0.29) is 11.9 Å². The monoisotopic (exact) mass is 310 g/mol. The first kappa shape index (κ1) is 16.7. The average molecular weight is 310 g/mol. The van der Waals surface area contributed by atoms with Crippen LogP contribution >= 0.6 is 0 Å². The fourth-order valence-electron chi connectivity index (χ4n) is 2.63. The van der Waals surface area contributed by atoms with Crippen LogP contribution in [0.4, 0.5) is 0 Å². The van der Waals surface area contributed by atoms with E-state index < -0.39 is 11.8 Å². The van der Waals surface area contributed by atoms with Gasteiger partial charge in [-0.05, 0) is 24.1 Å². The first-order valence-electron chi connectivity index (χ1n) is 7.66. The van der Waals surface area contributed by atoms with E-state index in [2.05, 4.69) is 0 Å². The van der Waals surface area contributed by atoms with Crippen molar-refractivity contribution in [1.82, 2.24) is 4.90 Å². The molecule has 0 heterocycles. The zero-order valence-electron chi connectivity index (χ0n) is 13.5. The maximum Gasteiger partial charge on any atom is 0.253 e. The van der Waals surface area contributed by atoms with Crippen molar-refractivity contribution in [3.63, 3.8) is 0 Å². The van der Waals surface area contributed by atoms with Gasteiger partial charge in [-0.1, -0.05) is 55.5 Å².